The van der Waals surface area contributed by atoms with Crippen molar-refractivity contribution < 1.29 is 0 Å². The van der Waals surface area contributed by atoms with E-state index in [0.29, 0.717) is 22.9 Å². The maximum atomic E-state index is 5.87. The van der Waals surface area contributed by atoms with Crippen molar-refractivity contribution in [2.24, 2.45) is 24.6 Å². The number of nitrogens with zero attached hydrogens (tertiary/aromatic N) is 2. The molecule has 1 saturated carbocycles. The molecule has 0 spiro atoms. The average Bonchev–Trinajstić information content (AvgIpc) is 2.64. The van der Waals surface area contributed by atoms with Gasteiger partial charge in [-0.15, -0.1) is 0 Å². The number of nitrogens with two attached hydrogens (primary N) is 1. The Balaban J connectivity index is 2.26. The smallest absolute Gasteiger partial charge is 0.134 e. The van der Waals surface area contributed by atoms with Crippen LogP contribution in [0.3, 0.4) is 0 Å². The lowest BCUT2D eigenvalue weighted by Gasteiger charge is -2.35. The molecule has 1 heterocycles. The highest BCUT2D eigenvalue weighted by molar-refractivity contribution is 7.80. The Morgan fingerprint density at radius 1 is 1.40 bits per heavy atom. The molecule has 2 atom stereocenters. The number of thiocarbonyl (C=S) groups is 1. The zero-order valence-corrected chi connectivity index (χ0v) is 13.8. The molecule has 2 unspecified atom stereocenters. The summed E-state index contributed by atoms with van der Waals surface area (Å²) in [5.41, 5.74) is 7.67. The largest absolute Gasteiger partial charge is 0.389 e. The third-order valence-electron chi connectivity index (χ3n) is 4.47. The molecule has 20 heavy (non-hydrogen) atoms. The average molecular weight is 294 g/mol. The van der Waals surface area contributed by atoms with E-state index in [1.165, 1.54) is 25.7 Å². The molecular formula is C15H26N4S. The lowest BCUT2D eigenvalue weighted by molar-refractivity contribution is 0.253. The van der Waals surface area contributed by atoms with Crippen LogP contribution in [0.4, 0.5) is 5.82 Å². The predicted octanol–water partition coefficient (Wildman–Crippen LogP) is 2.99. The Morgan fingerprint density at radius 2 is 2.05 bits per heavy atom. The molecule has 4 nitrogen and oxygen atoms in total. The van der Waals surface area contributed by atoms with Crippen molar-refractivity contribution in [3.05, 3.63) is 11.3 Å². The lowest BCUT2D eigenvalue weighted by Crippen LogP contribution is -2.36. The van der Waals surface area contributed by atoms with E-state index >= 15 is 0 Å². The van der Waals surface area contributed by atoms with Gasteiger partial charge < -0.3 is 11.1 Å². The first-order chi connectivity index (χ1) is 9.41. The van der Waals surface area contributed by atoms with Gasteiger partial charge in [0.25, 0.3) is 0 Å². The second-order valence-electron chi connectivity index (χ2n) is 6.24. The molecule has 1 fully saturated rings. The fourth-order valence-corrected chi connectivity index (χ4v) is 3.68. The molecule has 0 aromatic carbocycles. The van der Waals surface area contributed by atoms with Gasteiger partial charge in [0, 0.05) is 13.1 Å². The van der Waals surface area contributed by atoms with E-state index in [1.54, 1.807) is 0 Å². The fraction of sp³-hybridized carbons (Fsp3) is 0.733. The number of rotatable bonds is 4. The quantitative estimate of drug-likeness (QED) is 0.838. The van der Waals surface area contributed by atoms with E-state index in [0.717, 1.165) is 17.1 Å². The van der Waals surface area contributed by atoms with Gasteiger partial charge in [0.1, 0.15) is 10.8 Å². The van der Waals surface area contributed by atoms with Gasteiger partial charge in [-0.2, -0.15) is 5.10 Å². The molecule has 1 aromatic rings. The zero-order valence-electron chi connectivity index (χ0n) is 12.9. The van der Waals surface area contributed by atoms with Gasteiger partial charge in [-0.05, 0) is 31.6 Å². The maximum absolute atomic E-state index is 5.87. The van der Waals surface area contributed by atoms with Crippen LogP contribution in [0.5, 0.6) is 0 Å². The van der Waals surface area contributed by atoms with Crippen molar-refractivity contribution in [1.29, 1.82) is 0 Å². The highest BCUT2D eigenvalue weighted by atomic mass is 32.1. The molecule has 0 aliphatic heterocycles. The van der Waals surface area contributed by atoms with Crippen LogP contribution in [0, 0.1) is 18.8 Å². The SMILES string of the molecule is Cc1nn(C)c(NC2CCCCC2C(C)C)c1C(N)=S. The summed E-state index contributed by atoms with van der Waals surface area (Å²) in [4.78, 5) is 0.426. The molecule has 3 N–H and O–H groups in total. The standard InChI is InChI=1S/C15H26N4S/c1-9(2)11-7-5-6-8-12(11)17-15-13(14(16)20)10(3)18-19(15)4/h9,11-12,17H,5-8H2,1-4H3,(H2,16,20). The van der Waals surface area contributed by atoms with Crippen LogP contribution < -0.4 is 11.1 Å². The van der Waals surface area contributed by atoms with Crippen LogP contribution in [-0.4, -0.2) is 20.8 Å². The summed E-state index contributed by atoms with van der Waals surface area (Å²) in [6, 6.07) is 0.492. The third-order valence-corrected chi connectivity index (χ3v) is 4.67. The van der Waals surface area contributed by atoms with Crippen LogP contribution in [0.25, 0.3) is 0 Å². The summed E-state index contributed by atoms with van der Waals surface area (Å²) >= 11 is 5.18. The zero-order chi connectivity index (χ0) is 14.9. The molecule has 2 rings (SSSR count). The molecule has 1 aliphatic carbocycles. The van der Waals surface area contributed by atoms with Gasteiger partial charge in [0.2, 0.25) is 0 Å². The summed E-state index contributed by atoms with van der Waals surface area (Å²) in [6.07, 6.45) is 5.14. The summed E-state index contributed by atoms with van der Waals surface area (Å²) in [6.45, 7) is 6.59. The number of hydrogen-bond donors (Lipinski definition) is 2. The Bertz CT molecular complexity index is 492. The van der Waals surface area contributed by atoms with Crippen molar-refractivity contribution in [3.63, 3.8) is 0 Å². The molecular weight excluding hydrogens is 268 g/mol. The summed E-state index contributed by atoms with van der Waals surface area (Å²) in [5, 5.41) is 8.14. The molecule has 0 amide bonds. The van der Waals surface area contributed by atoms with Crippen LogP contribution in [0.1, 0.15) is 50.8 Å². The Kier molecular flexibility index (Phi) is 4.68. The number of nitrogens with one attached hydrogen (secondary N) is 1. The summed E-state index contributed by atoms with van der Waals surface area (Å²) < 4.78 is 1.87. The normalized spacial score (nSPS) is 23.1. The van der Waals surface area contributed by atoms with Gasteiger partial charge in [0.15, 0.2) is 0 Å². The first-order valence-corrected chi connectivity index (χ1v) is 7.92. The van der Waals surface area contributed by atoms with Gasteiger partial charge in [-0.3, -0.25) is 4.68 Å². The fourth-order valence-electron chi connectivity index (χ4n) is 3.43. The number of hydrogen-bond acceptors (Lipinski definition) is 3. The second kappa shape index (κ2) is 6.12. The molecule has 112 valence electrons. The number of aryl methyl sites for hydroxylation is 2. The van der Waals surface area contributed by atoms with Crippen molar-refractivity contribution >= 4 is 23.0 Å². The van der Waals surface area contributed by atoms with E-state index in [-0.39, 0.29) is 0 Å². The molecule has 5 heteroatoms. The highest BCUT2D eigenvalue weighted by Gasteiger charge is 2.29. The van der Waals surface area contributed by atoms with Crippen molar-refractivity contribution in [1.82, 2.24) is 9.78 Å². The molecule has 0 radical (unpaired) electrons. The predicted molar refractivity (Wildman–Crippen MR) is 88.0 cm³/mol. The monoisotopic (exact) mass is 294 g/mol. The first kappa shape index (κ1) is 15.3. The third kappa shape index (κ3) is 2.97. The lowest BCUT2D eigenvalue weighted by atomic mass is 9.78. The first-order valence-electron chi connectivity index (χ1n) is 7.51. The van der Waals surface area contributed by atoms with E-state index < -0.39 is 0 Å². The van der Waals surface area contributed by atoms with Crippen LogP contribution in [0.15, 0.2) is 0 Å². The Labute approximate surface area is 127 Å². The van der Waals surface area contributed by atoms with Crippen molar-refractivity contribution in [3.8, 4) is 0 Å². The Hall–Kier alpha value is -1.10. The minimum absolute atomic E-state index is 0.426. The summed E-state index contributed by atoms with van der Waals surface area (Å²) in [7, 11) is 1.95. The van der Waals surface area contributed by atoms with E-state index in [9.17, 15) is 0 Å². The highest BCUT2D eigenvalue weighted by Crippen LogP contribution is 2.33. The number of aromatic nitrogens is 2. The Morgan fingerprint density at radius 3 is 2.65 bits per heavy atom. The minimum Gasteiger partial charge on any atom is -0.389 e. The van der Waals surface area contributed by atoms with Crippen LogP contribution in [0.2, 0.25) is 0 Å². The van der Waals surface area contributed by atoms with Crippen LogP contribution >= 0.6 is 12.2 Å². The second-order valence-corrected chi connectivity index (χ2v) is 6.68. The topological polar surface area (TPSA) is 55.9 Å². The van der Waals surface area contributed by atoms with E-state index in [1.807, 2.05) is 18.7 Å². The van der Waals surface area contributed by atoms with Gasteiger partial charge in [-0.1, -0.05) is 38.9 Å². The van der Waals surface area contributed by atoms with Crippen molar-refractivity contribution in [2.75, 3.05) is 5.32 Å². The van der Waals surface area contributed by atoms with Crippen molar-refractivity contribution in [2.45, 2.75) is 52.5 Å². The minimum atomic E-state index is 0.426. The number of anilines is 1. The molecule has 1 aliphatic rings. The maximum Gasteiger partial charge on any atom is 0.134 e. The molecule has 0 bridgehead atoms. The molecule has 1 aromatic heterocycles. The van der Waals surface area contributed by atoms with Gasteiger partial charge in [-0.25, -0.2) is 0 Å². The van der Waals surface area contributed by atoms with Crippen LogP contribution in [-0.2, 0) is 7.05 Å². The summed E-state index contributed by atoms with van der Waals surface area (Å²) in [5.74, 6) is 2.38. The molecule has 0 saturated heterocycles. The van der Waals surface area contributed by atoms with Gasteiger partial charge in [0.05, 0.1) is 11.3 Å². The van der Waals surface area contributed by atoms with Gasteiger partial charge >= 0.3 is 0 Å². The van der Waals surface area contributed by atoms with E-state index in [2.05, 4.69) is 24.3 Å². The van der Waals surface area contributed by atoms with E-state index in [4.69, 9.17) is 18.0 Å².